The van der Waals surface area contributed by atoms with Gasteiger partial charge in [-0.15, -0.1) is 0 Å². The van der Waals surface area contributed by atoms with Gasteiger partial charge in [-0.25, -0.2) is 0 Å². The van der Waals surface area contributed by atoms with E-state index < -0.39 is 5.97 Å². The molecule has 5 nitrogen and oxygen atoms in total. The molecule has 0 bridgehead atoms. The van der Waals surface area contributed by atoms with Crippen LogP contribution in [0.3, 0.4) is 0 Å². The Hall–Kier alpha value is -1.10. The summed E-state index contributed by atoms with van der Waals surface area (Å²) in [6, 6.07) is -0.116. The van der Waals surface area contributed by atoms with Crippen molar-refractivity contribution in [2.24, 2.45) is 17.6 Å². The number of carboxylic acid groups (broad SMARTS) is 1. The number of hydrogen-bond acceptors (Lipinski definition) is 3. The fraction of sp³-hybridized carbons (Fsp3) is 0.846. The van der Waals surface area contributed by atoms with E-state index in [1.54, 1.807) is 0 Å². The van der Waals surface area contributed by atoms with Gasteiger partial charge in [0.15, 0.2) is 0 Å². The highest BCUT2D eigenvalue weighted by molar-refractivity contribution is 5.76. The number of carbonyl (C=O) groups excluding carboxylic acids is 1. The van der Waals surface area contributed by atoms with Crippen molar-refractivity contribution in [1.82, 2.24) is 4.90 Å². The van der Waals surface area contributed by atoms with Crippen LogP contribution in [0.25, 0.3) is 0 Å². The van der Waals surface area contributed by atoms with Crippen LogP contribution >= 0.6 is 0 Å². The average molecular weight is 256 g/mol. The Morgan fingerprint density at radius 3 is 2.61 bits per heavy atom. The summed E-state index contributed by atoms with van der Waals surface area (Å²) in [5.41, 5.74) is 5.64. The number of nitrogens with zero attached hydrogens (tertiary/aromatic N) is 1. The summed E-state index contributed by atoms with van der Waals surface area (Å²) in [6.45, 7) is 5.24. The Morgan fingerprint density at radius 1 is 1.39 bits per heavy atom. The molecule has 0 aliphatic carbocycles. The fourth-order valence-electron chi connectivity index (χ4n) is 2.55. The zero-order valence-corrected chi connectivity index (χ0v) is 11.3. The van der Waals surface area contributed by atoms with E-state index >= 15 is 0 Å². The number of amides is 1. The van der Waals surface area contributed by atoms with E-state index in [1.165, 1.54) is 0 Å². The molecule has 3 N–H and O–H groups in total. The van der Waals surface area contributed by atoms with Crippen LogP contribution in [-0.2, 0) is 9.59 Å². The molecule has 1 fully saturated rings. The van der Waals surface area contributed by atoms with Gasteiger partial charge in [0.05, 0.1) is 0 Å². The van der Waals surface area contributed by atoms with Crippen LogP contribution in [0, 0.1) is 11.8 Å². The van der Waals surface area contributed by atoms with E-state index in [9.17, 15) is 9.59 Å². The zero-order valence-electron chi connectivity index (χ0n) is 11.3. The Labute approximate surface area is 108 Å². The largest absolute Gasteiger partial charge is 0.481 e. The van der Waals surface area contributed by atoms with Gasteiger partial charge in [0, 0.05) is 32.0 Å². The summed E-state index contributed by atoms with van der Waals surface area (Å²) in [5.74, 6) is -0.251. The Balaban J connectivity index is 2.50. The molecule has 0 aromatic heterocycles. The molecule has 1 rings (SSSR count). The lowest BCUT2D eigenvalue weighted by atomic mass is 9.84. The maximum Gasteiger partial charge on any atom is 0.303 e. The molecule has 0 radical (unpaired) electrons. The summed E-state index contributed by atoms with van der Waals surface area (Å²) in [6.07, 6.45) is 2.52. The third-order valence-corrected chi connectivity index (χ3v) is 3.61. The average Bonchev–Trinajstić information content (AvgIpc) is 2.27. The van der Waals surface area contributed by atoms with Crippen molar-refractivity contribution >= 4 is 11.9 Å². The van der Waals surface area contributed by atoms with E-state index in [2.05, 4.69) is 0 Å². The molecule has 1 saturated heterocycles. The molecule has 1 aliphatic heterocycles. The maximum absolute atomic E-state index is 11.9. The molecule has 0 aromatic carbocycles. The first-order valence-corrected chi connectivity index (χ1v) is 6.65. The van der Waals surface area contributed by atoms with Gasteiger partial charge in [-0.2, -0.15) is 0 Å². The van der Waals surface area contributed by atoms with E-state index in [1.807, 2.05) is 18.7 Å². The third-order valence-electron chi connectivity index (χ3n) is 3.61. The Kier molecular flexibility index (Phi) is 5.59. The van der Waals surface area contributed by atoms with E-state index in [0.29, 0.717) is 18.9 Å². The van der Waals surface area contributed by atoms with Gasteiger partial charge in [0.2, 0.25) is 5.91 Å². The highest BCUT2D eigenvalue weighted by Crippen LogP contribution is 2.26. The lowest BCUT2D eigenvalue weighted by molar-refractivity contribution is -0.138. The van der Waals surface area contributed by atoms with Crippen LogP contribution in [0.2, 0.25) is 0 Å². The molecule has 104 valence electrons. The smallest absolute Gasteiger partial charge is 0.303 e. The first kappa shape index (κ1) is 15.0. The number of hydrogen-bond donors (Lipinski definition) is 2. The van der Waals surface area contributed by atoms with Crippen LogP contribution < -0.4 is 5.73 Å². The van der Waals surface area contributed by atoms with Crippen LogP contribution in [-0.4, -0.2) is 41.0 Å². The van der Waals surface area contributed by atoms with Crippen molar-refractivity contribution in [3.63, 3.8) is 0 Å². The number of carboxylic acids is 1. The number of nitrogens with two attached hydrogens (primary N) is 1. The zero-order chi connectivity index (χ0) is 13.7. The van der Waals surface area contributed by atoms with E-state index in [0.717, 1.165) is 19.4 Å². The van der Waals surface area contributed by atoms with Crippen LogP contribution in [0.4, 0.5) is 0 Å². The lowest BCUT2D eigenvalue weighted by Gasteiger charge is -2.35. The van der Waals surface area contributed by atoms with Crippen LogP contribution in [0.1, 0.15) is 39.5 Å². The van der Waals surface area contributed by atoms with Gasteiger partial charge in [0.25, 0.3) is 0 Å². The quantitative estimate of drug-likeness (QED) is 0.770. The molecule has 0 saturated carbocycles. The van der Waals surface area contributed by atoms with Crippen molar-refractivity contribution < 1.29 is 14.7 Å². The summed E-state index contributed by atoms with van der Waals surface area (Å²) in [5, 5.41) is 8.81. The molecule has 3 atom stereocenters. The highest BCUT2D eigenvalue weighted by Gasteiger charge is 2.28. The summed E-state index contributed by atoms with van der Waals surface area (Å²) in [7, 11) is 0. The molecule has 0 spiro atoms. The number of rotatable bonds is 5. The second kappa shape index (κ2) is 6.73. The molecule has 5 heteroatoms. The number of aliphatic carboxylic acids is 1. The number of piperidine rings is 1. The standard InChI is InChI=1S/C13H24N2O3/c1-9(6-13(17)18)11-4-3-5-15(8-11)12(16)7-10(2)14/h9-11H,3-8,14H2,1-2H3,(H,17,18). The fourth-order valence-corrected chi connectivity index (χ4v) is 2.55. The van der Waals surface area contributed by atoms with Crippen LogP contribution in [0.5, 0.6) is 0 Å². The minimum atomic E-state index is -0.762. The van der Waals surface area contributed by atoms with Crippen molar-refractivity contribution in [3.8, 4) is 0 Å². The molecule has 1 aliphatic rings. The molecule has 3 unspecified atom stereocenters. The SMILES string of the molecule is CC(N)CC(=O)N1CCCC(C(C)CC(=O)O)C1. The van der Waals surface area contributed by atoms with Crippen molar-refractivity contribution in [2.75, 3.05) is 13.1 Å². The predicted octanol–water partition coefficient (Wildman–Crippen LogP) is 1.07. The first-order valence-electron chi connectivity index (χ1n) is 6.65. The monoisotopic (exact) mass is 256 g/mol. The van der Waals surface area contributed by atoms with E-state index in [4.69, 9.17) is 10.8 Å². The molecular formula is C13H24N2O3. The molecule has 18 heavy (non-hydrogen) atoms. The summed E-state index contributed by atoms with van der Waals surface area (Å²) < 4.78 is 0. The van der Waals surface area contributed by atoms with Gasteiger partial charge in [0.1, 0.15) is 0 Å². The summed E-state index contributed by atoms with van der Waals surface area (Å²) >= 11 is 0. The second-order valence-electron chi connectivity index (χ2n) is 5.50. The van der Waals surface area contributed by atoms with Crippen molar-refractivity contribution in [2.45, 2.75) is 45.6 Å². The van der Waals surface area contributed by atoms with Gasteiger partial charge < -0.3 is 15.7 Å². The Bertz CT molecular complexity index is 305. The van der Waals surface area contributed by atoms with Crippen LogP contribution in [0.15, 0.2) is 0 Å². The van der Waals surface area contributed by atoms with Gasteiger partial charge in [-0.1, -0.05) is 6.92 Å². The molecule has 0 aromatic rings. The van der Waals surface area contributed by atoms with Gasteiger partial charge in [-0.3, -0.25) is 9.59 Å². The third kappa shape index (κ3) is 4.64. The maximum atomic E-state index is 11.9. The normalized spacial score (nSPS) is 23.5. The lowest BCUT2D eigenvalue weighted by Crippen LogP contribution is -2.43. The summed E-state index contributed by atoms with van der Waals surface area (Å²) in [4.78, 5) is 24.5. The van der Waals surface area contributed by atoms with Crippen molar-refractivity contribution in [3.05, 3.63) is 0 Å². The predicted molar refractivity (Wildman–Crippen MR) is 69.0 cm³/mol. The number of carbonyl (C=O) groups is 2. The first-order chi connectivity index (χ1) is 8.40. The highest BCUT2D eigenvalue weighted by atomic mass is 16.4. The number of likely N-dealkylation sites (tertiary alicyclic amines) is 1. The van der Waals surface area contributed by atoms with Gasteiger partial charge >= 0.3 is 5.97 Å². The molecule has 1 heterocycles. The topological polar surface area (TPSA) is 83.6 Å². The second-order valence-corrected chi connectivity index (χ2v) is 5.50. The minimum Gasteiger partial charge on any atom is -0.481 e. The van der Waals surface area contributed by atoms with Crippen molar-refractivity contribution in [1.29, 1.82) is 0 Å². The molecule has 1 amide bonds. The van der Waals surface area contributed by atoms with E-state index in [-0.39, 0.29) is 24.3 Å². The Morgan fingerprint density at radius 2 is 2.06 bits per heavy atom. The van der Waals surface area contributed by atoms with Gasteiger partial charge in [-0.05, 0) is 31.6 Å². The molecular weight excluding hydrogens is 232 g/mol. The minimum absolute atomic E-state index is 0.0947.